The second-order valence-electron chi connectivity index (χ2n) is 21.6. The largest absolute Gasteiger partial charge is 0.750 e. The Balaban J connectivity index is 0. The molecule has 0 saturated heterocycles. The summed E-state index contributed by atoms with van der Waals surface area (Å²) in [4.78, 5) is 76.0. The highest BCUT2D eigenvalue weighted by atomic mass is 32.2. The minimum Gasteiger partial charge on any atom is -0.750 e. The van der Waals surface area contributed by atoms with E-state index in [9.17, 15) is 49.2 Å². The lowest BCUT2D eigenvalue weighted by molar-refractivity contribution is -0.635. The monoisotopic (exact) mass is 1320 g/mol. The number of benzene rings is 1. The highest BCUT2D eigenvalue weighted by Crippen LogP contribution is 2.41. The maximum absolute atomic E-state index is 13.5. The Kier molecular flexibility index (Phi) is 40.9. The number of primary amides is 2. The molecular formula is C65H101N6O20S-. The van der Waals surface area contributed by atoms with Crippen LogP contribution in [-0.4, -0.2) is 155 Å². The molecule has 0 fully saturated rings. The smallest absolute Gasteiger partial charge is 0.405 e. The van der Waals surface area contributed by atoms with Gasteiger partial charge >= 0.3 is 12.2 Å². The van der Waals surface area contributed by atoms with Gasteiger partial charge in [0.1, 0.15) is 18.0 Å². The molecule has 0 radical (unpaired) electrons. The first-order chi connectivity index (χ1) is 41.9. The number of nitrogens with one attached hydrogen (secondary N) is 3. The highest BCUT2D eigenvalue weighted by Gasteiger charge is 2.35. The number of hydrogen-bond acceptors (Lipinski definition) is 21. The van der Waals surface area contributed by atoms with Gasteiger partial charge in [-0.15, -0.1) is 6.58 Å². The minimum absolute atomic E-state index is 0. The van der Waals surface area contributed by atoms with E-state index in [0.29, 0.717) is 53.8 Å². The molecule has 2 aliphatic heterocycles. The van der Waals surface area contributed by atoms with E-state index < -0.39 is 108 Å². The maximum Gasteiger partial charge on any atom is 0.405 e. The molecule has 4 bridgehead atoms. The molecule has 13 N–H and O–H groups in total. The number of phenolic OH excluding ortho intramolecular Hbond substituents is 2. The minimum atomic E-state index is -2.88. The third-order valence-electron chi connectivity index (χ3n) is 14.6. The number of phenols is 2. The maximum atomic E-state index is 13.5. The molecule has 518 valence electrons. The van der Waals surface area contributed by atoms with Crippen LogP contribution in [0.25, 0.3) is 0 Å². The molecule has 4 amide bonds. The number of ketones is 2. The molecule has 0 aromatic heterocycles. The van der Waals surface area contributed by atoms with E-state index in [1.54, 1.807) is 88.5 Å². The molecule has 13 atom stereocenters. The van der Waals surface area contributed by atoms with E-state index in [1.807, 2.05) is 20.8 Å². The lowest BCUT2D eigenvalue weighted by Gasteiger charge is -2.30. The van der Waals surface area contributed by atoms with Crippen LogP contribution in [0, 0.1) is 23.7 Å². The number of methoxy groups -OCH3 is 4. The van der Waals surface area contributed by atoms with Crippen molar-refractivity contribution in [3.8, 4) is 11.5 Å². The Bertz CT molecular complexity index is 2930. The molecule has 1 aromatic rings. The molecule has 1 unspecified atom stereocenters. The summed E-state index contributed by atoms with van der Waals surface area (Å²) in [6, 6.07) is 1.31. The van der Waals surface area contributed by atoms with Crippen LogP contribution in [0.3, 0.4) is 0 Å². The van der Waals surface area contributed by atoms with E-state index in [-0.39, 0.29) is 86.8 Å². The molecule has 1 aromatic carbocycles. The Morgan fingerprint density at radius 2 is 1.20 bits per heavy atom. The molecule has 4 rings (SSSR count). The van der Waals surface area contributed by atoms with Gasteiger partial charge in [-0.25, -0.2) is 13.8 Å². The first kappa shape index (κ1) is 86.7. The SMILES string of the molecule is C.C.C.C=CCNC1=C2C[C@@H](C)C[C@H](OC)[C@H](O)[C@@H](C)/C=C(\C)[C@H](OC(N)=O)[C@@H](OC)/C=C\C=C(/C)C(=O)NC(=CC1=O)C2=O.C=CC[NH2+]c1c(O)cc2c(O)c1C[C@@H](C)C[C@H](OC)[C@H](O)[C@@H](C)/C=C(\C)[C@H](OC(N)=O)[C@@H](OC)/C=C\C=C(/C)C(=O)N2.O=S([O-])O[O-]. The van der Waals surface area contributed by atoms with E-state index in [4.69, 9.17) is 53.9 Å². The van der Waals surface area contributed by atoms with Gasteiger partial charge in [-0.05, 0) is 82.4 Å². The number of fused-ring (bicyclic) bond motifs is 4. The molecule has 1 aliphatic carbocycles. The van der Waals surface area contributed by atoms with Gasteiger partial charge in [0.15, 0.2) is 23.6 Å². The van der Waals surface area contributed by atoms with Crippen LogP contribution in [0.4, 0.5) is 21.0 Å². The van der Waals surface area contributed by atoms with Crippen LogP contribution in [0.1, 0.15) is 102 Å². The molecule has 0 spiro atoms. The summed E-state index contributed by atoms with van der Waals surface area (Å²) in [6.45, 7) is 22.2. The number of aliphatic hydroxyl groups excluding tert-OH is 2. The van der Waals surface area contributed by atoms with Gasteiger partial charge in [0, 0.05) is 75.7 Å². The number of allylic oxidation sites excluding steroid dienone is 6. The summed E-state index contributed by atoms with van der Waals surface area (Å²) in [5.74, 6) is -3.43. The highest BCUT2D eigenvalue weighted by molar-refractivity contribution is 7.73. The summed E-state index contributed by atoms with van der Waals surface area (Å²) >= 11 is -2.88. The van der Waals surface area contributed by atoms with Gasteiger partial charge < -0.3 is 95.7 Å². The number of aromatic hydroxyl groups is 2. The predicted octanol–water partition coefficient (Wildman–Crippen LogP) is 5.46. The third kappa shape index (κ3) is 27.0. The fourth-order valence-electron chi connectivity index (χ4n) is 10.0. The van der Waals surface area contributed by atoms with Crippen molar-refractivity contribution in [1.29, 1.82) is 0 Å². The second-order valence-corrected chi connectivity index (χ2v) is 22.2. The number of anilines is 1. The predicted molar refractivity (Wildman–Crippen MR) is 348 cm³/mol. The number of carbonyl (C=O) groups excluding carboxylic acids is 6. The van der Waals surface area contributed by atoms with E-state index >= 15 is 0 Å². The first-order valence-electron chi connectivity index (χ1n) is 28.3. The fourth-order valence-corrected chi connectivity index (χ4v) is 10.0. The van der Waals surface area contributed by atoms with Crippen molar-refractivity contribution in [1.82, 2.24) is 10.6 Å². The molecule has 2 heterocycles. The topological polar surface area (TPSA) is 416 Å². The van der Waals surface area contributed by atoms with Crippen molar-refractivity contribution in [2.24, 2.45) is 35.1 Å². The Hall–Kier alpha value is -7.41. The van der Waals surface area contributed by atoms with E-state index in [2.05, 4.69) is 33.4 Å². The average molecular weight is 1320 g/mol. The van der Waals surface area contributed by atoms with Gasteiger partial charge in [-0.1, -0.05) is 111 Å². The Morgan fingerprint density at radius 3 is 1.60 bits per heavy atom. The van der Waals surface area contributed by atoms with Crippen LogP contribution < -0.4 is 38.0 Å². The normalized spacial score (nSPS) is 28.6. The standard InChI is InChI=1S/C31H45N3O8.C31H43N3O8.3CH4.H2O4S/c2*1-8-12-33-26-21-13-17(2)14-25(41-7)27(36)19(4)15-20(5)29(42-31(32)39)24(40-6)11-9-10-18(3)30(38)34-22(28(21)37)16-23(26)35;;;;1-4-5(2)3/h8-11,15-17,19,24-25,27,29,33,35-37H,1,12-14H2,2-7H3,(H2,32,39)(H,34,38);8-11,15-17,19,24-25,27,29,33,36H,1,12-14H2,2-7H3,(H2,32,39)(H,34,38);3*1H4;1H,(H,2,3)/p-1/b2*11-9-,18-10+,20-15+;;;;/t2*17-,19+,24+,25+,27-,29+;;;;/m11..../s1. The lowest BCUT2D eigenvalue weighted by Crippen LogP contribution is -2.78. The Morgan fingerprint density at radius 1 is 0.750 bits per heavy atom. The van der Waals surface area contributed by atoms with Crippen molar-refractivity contribution < 1.29 is 101 Å². The molecule has 26 nitrogen and oxygen atoms in total. The van der Waals surface area contributed by atoms with Crippen molar-refractivity contribution in [3.05, 3.63) is 131 Å². The fraction of sp³-hybridized carbons (Fsp3) is 0.508. The van der Waals surface area contributed by atoms with Crippen molar-refractivity contribution in [2.75, 3.05) is 46.8 Å². The van der Waals surface area contributed by atoms with Gasteiger partial charge in [0.25, 0.3) is 11.8 Å². The zero-order chi connectivity index (χ0) is 67.4. The summed E-state index contributed by atoms with van der Waals surface area (Å²) in [7, 11) is 5.88. The van der Waals surface area contributed by atoms with Crippen molar-refractivity contribution >= 4 is 58.3 Å². The summed E-state index contributed by atoms with van der Waals surface area (Å²) in [5, 5.41) is 63.1. The zero-order valence-corrected chi connectivity index (χ0v) is 53.3. The number of amides is 4. The number of ether oxygens (including phenoxy) is 6. The summed E-state index contributed by atoms with van der Waals surface area (Å²) in [5.41, 5.74) is 13.6. The summed E-state index contributed by atoms with van der Waals surface area (Å²) < 4.78 is 53.3. The number of quaternary nitrogens is 1. The van der Waals surface area contributed by atoms with E-state index in [0.717, 1.165) is 6.08 Å². The van der Waals surface area contributed by atoms with Gasteiger partial charge in [0.05, 0.1) is 65.0 Å². The number of rotatable bonds is 13. The lowest BCUT2D eigenvalue weighted by atomic mass is 9.85. The van der Waals surface area contributed by atoms with Crippen LogP contribution in [0.2, 0.25) is 0 Å². The molecule has 3 aliphatic rings. The number of nitrogens with two attached hydrogens (primary N) is 3. The van der Waals surface area contributed by atoms with Crippen molar-refractivity contribution in [3.63, 3.8) is 0 Å². The average Bonchev–Trinajstić information content (AvgIpc) is 0.897. The molecular weight excluding hydrogens is 1220 g/mol. The molecule has 27 heteroatoms. The number of hydrogen-bond donors (Lipinski definition) is 10. The van der Waals surface area contributed by atoms with Crippen LogP contribution in [0.5, 0.6) is 11.5 Å². The second kappa shape index (κ2) is 43.4. The van der Waals surface area contributed by atoms with Gasteiger partial charge in [0.2, 0.25) is 11.6 Å². The number of Topliss-reactive ketones (excluding diaryl/α,β-unsaturated/α-hetero) is 1. The van der Waals surface area contributed by atoms with Gasteiger partial charge in [-0.2, -0.15) is 0 Å². The quantitative estimate of drug-likeness (QED) is 0.0171. The summed E-state index contributed by atoms with van der Waals surface area (Å²) in [6.07, 6.45) is 10.1. The van der Waals surface area contributed by atoms with Crippen molar-refractivity contribution in [2.45, 2.75) is 152 Å². The first-order valence-corrected chi connectivity index (χ1v) is 29.3. The van der Waals surface area contributed by atoms with Gasteiger partial charge in [-0.3, -0.25) is 19.2 Å². The third-order valence-corrected chi connectivity index (χ3v) is 14.7. The van der Waals surface area contributed by atoms with Crippen LogP contribution >= 0.6 is 0 Å². The number of aliphatic hydroxyl groups is 2. The molecule has 92 heavy (non-hydrogen) atoms. The zero-order valence-electron chi connectivity index (χ0n) is 52.5. The molecule has 0 saturated carbocycles. The number of carbonyl (C=O) groups is 6. The Labute approximate surface area is 544 Å². The van der Waals surface area contributed by atoms with E-state index in [1.165, 1.54) is 46.7 Å². The van der Waals surface area contributed by atoms with Crippen LogP contribution in [0.15, 0.2) is 125 Å². The van der Waals surface area contributed by atoms with Crippen LogP contribution in [-0.2, 0) is 69.7 Å².